The van der Waals surface area contributed by atoms with Gasteiger partial charge in [0.25, 0.3) is 0 Å². The van der Waals surface area contributed by atoms with Crippen LogP contribution in [0.3, 0.4) is 0 Å². The molecule has 20 heavy (non-hydrogen) atoms. The molecule has 1 aromatic carbocycles. The van der Waals surface area contributed by atoms with Crippen molar-refractivity contribution < 1.29 is 4.79 Å². The van der Waals surface area contributed by atoms with E-state index in [0.29, 0.717) is 5.56 Å². The van der Waals surface area contributed by atoms with Crippen molar-refractivity contribution in [3.05, 3.63) is 29.8 Å². The number of nitrogens with two attached hydrogens (primary N) is 1. The zero-order valence-electron chi connectivity index (χ0n) is 11.7. The third-order valence-corrected chi connectivity index (χ3v) is 3.85. The molecule has 1 atom stereocenters. The molecule has 2 N–H and O–H groups in total. The van der Waals surface area contributed by atoms with Crippen LogP contribution in [-0.4, -0.2) is 43.0 Å². The molecule has 5 heteroatoms. The summed E-state index contributed by atoms with van der Waals surface area (Å²) in [5.41, 5.74) is 7.17. The number of primary amides is 1. The van der Waals surface area contributed by atoms with Gasteiger partial charge in [-0.05, 0) is 37.6 Å². The van der Waals surface area contributed by atoms with E-state index in [-0.39, 0.29) is 11.9 Å². The molecule has 0 aliphatic carbocycles. The lowest BCUT2D eigenvalue weighted by molar-refractivity contribution is -0.122. The zero-order valence-corrected chi connectivity index (χ0v) is 11.7. The Morgan fingerprint density at radius 2 is 1.95 bits per heavy atom. The molecule has 1 fully saturated rings. The number of benzene rings is 1. The topological polar surface area (TPSA) is 73.4 Å². The van der Waals surface area contributed by atoms with E-state index >= 15 is 0 Å². The van der Waals surface area contributed by atoms with Crippen molar-refractivity contribution in [3.63, 3.8) is 0 Å². The van der Waals surface area contributed by atoms with Gasteiger partial charge < -0.3 is 10.6 Å². The average Bonchev–Trinajstić information content (AvgIpc) is 2.72. The maximum absolute atomic E-state index is 11.3. The molecule has 5 nitrogen and oxygen atoms in total. The van der Waals surface area contributed by atoms with Crippen LogP contribution in [0, 0.1) is 11.3 Å². The number of carbonyl (C=O) groups is 1. The molecule has 0 aromatic heterocycles. The standard InChI is InChI=1S/C15H20N4O/c1-12(15(17)20)18-7-2-8-19(10-9-18)14-5-3-13(11-16)4-6-14/h3-6,12H,2,7-10H2,1H3,(H2,17,20)/t12-/m0/s1. The number of hydrogen-bond acceptors (Lipinski definition) is 4. The van der Waals surface area contributed by atoms with Crippen molar-refractivity contribution in [2.75, 3.05) is 31.1 Å². The summed E-state index contributed by atoms with van der Waals surface area (Å²) in [6, 6.07) is 9.54. The van der Waals surface area contributed by atoms with Gasteiger partial charge in [-0.2, -0.15) is 5.26 Å². The average molecular weight is 272 g/mol. The van der Waals surface area contributed by atoms with Crippen molar-refractivity contribution in [3.8, 4) is 6.07 Å². The predicted molar refractivity (Wildman–Crippen MR) is 78.2 cm³/mol. The normalized spacial score (nSPS) is 18.1. The summed E-state index contributed by atoms with van der Waals surface area (Å²) in [6.07, 6.45) is 0.998. The largest absolute Gasteiger partial charge is 0.370 e. The molecule has 0 bridgehead atoms. The van der Waals surface area contributed by atoms with E-state index in [0.717, 1.165) is 38.3 Å². The quantitative estimate of drug-likeness (QED) is 0.889. The molecular formula is C15H20N4O. The lowest BCUT2D eigenvalue weighted by Crippen LogP contribution is -2.44. The fraction of sp³-hybridized carbons (Fsp3) is 0.467. The highest BCUT2D eigenvalue weighted by Gasteiger charge is 2.22. The summed E-state index contributed by atoms with van der Waals surface area (Å²) in [7, 11) is 0. The van der Waals surface area contributed by atoms with E-state index in [2.05, 4.69) is 15.9 Å². The van der Waals surface area contributed by atoms with E-state index in [1.54, 1.807) is 0 Å². The zero-order chi connectivity index (χ0) is 14.5. The van der Waals surface area contributed by atoms with E-state index in [9.17, 15) is 4.79 Å². The number of nitriles is 1. The van der Waals surface area contributed by atoms with Crippen molar-refractivity contribution in [2.45, 2.75) is 19.4 Å². The van der Waals surface area contributed by atoms with Gasteiger partial charge >= 0.3 is 0 Å². The highest BCUT2D eigenvalue weighted by Crippen LogP contribution is 2.18. The molecule has 0 unspecified atom stereocenters. The van der Waals surface area contributed by atoms with Crippen LogP contribution in [0.5, 0.6) is 0 Å². The lowest BCUT2D eigenvalue weighted by Gasteiger charge is -2.26. The Morgan fingerprint density at radius 3 is 2.55 bits per heavy atom. The Bertz CT molecular complexity index is 506. The van der Waals surface area contributed by atoms with Gasteiger partial charge in [0.1, 0.15) is 0 Å². The van der Waals surface area contributed by atoms with Gasteiger partial charge in [-0.25, -0.2) is 0 Å². The summed E-state index contributed by atoms with van der Waals surface area (Å²) in [5, 5.41) is 8.82. The number of anilines is 1. The molecule has 0 radical (unpaired) electrons. The van der Waals surface area contributed by atoms with Gasteiger partial charge in [0.2, 0.25) is 5.91 Å². The molecule has 2 rings (SSSR count). The minimum absolute atomic E-state index is 0.212. The molecule has 1 aliphatic rings. The Kier molecular flexibility index (Phi) is 4.59. The molecular weight excluding hydrogens is 252 g/mol. The van der Waals surface area contributed by atoms with Crippen molar-refractivity contribution in [1.82, 2.24) is 4.90 Å². The van der Waals surface area contributed by atoms with Gasteiger partial charge in [-0.3, -0.25) is 9.69 Å². The highest BCUT2D eigenvalue weighted by molar-refractivity contribution is 5.79. The van der Waals surface area contributed by atoms with Crippen LogP contribution in [0.15, 0.2) is 24.3 Å². The number of nitrogens with zero attached hydrogens (tertiary/aromatic N) is 3. The smallest absolute Gasteiger partial charge is 0.234 e. The van der Waals surface area contributed by atoms with E-state index in [4.69, 9.17) is 11.0 Å². The number of amides is 1. The van der Waals surface area contributed by atoms with E-state index in [1.165, 1.54) is 0 Å². The number of carbonyl (C=O) groups excluding carboxylic acids is 1. The number of hydrogen-bond donors (Lipinski definition) is 1. The second kappa shape index (κ2) is 6.40. The van der Waals surface area contributed by atoms with Gasteiger partial charge in [0.05, 0.1) is 17.7 Å². The first-order valence-electron chi connectivity index (χ1n) is 6.90. The molecule has 1 saturated heterocycles. The highest BCUT2D eigenvalue weighted by atomic mass is 16.1. The summed E-state index contributed by atoms with van der Waals surface area (Å²) < 4.78 is 0. The molecule has 1 aliphatic heterocycles. The van der Waals surface area contributed by atoms with Crippen molar-refractivity contribution in [2.24, 2.45) is 5.73 Å². The summed E-state index contributed by atoms with van der Waals surface area (Å²) in [4.78, 5) is 15.7. The minimum Gasteiger partial charge on any atom is -0.370 e. The second-order valence-corrected chi connectivity index (χ2v) is 5.11. The first-order valence-corrected chi connectivity index (χ1v) is 6.90. The van der Waals surface area contributed by atoms with Crippen molar-refractivity contribution >= 4 is 11.6 Å². The molecule has 106 valence electrons. The van der Waals surface area contributed by atoms with Gasteiger partial charge in [0, 0.05) is 31.9 Å². The Labute approximate surface area is 119 Å². The van der Waals surface area contributed by atoms with Crippen LogP contribution >= 0.6 is 0 Å². The third-order valence-electron chi connectivity index (χ3n) is 3.85. The number of rotatable bonds is 3. The van der Waals surface area contributed by atoms with Gasteiger partial charge in [-0.1, -0.05) is 0 Å². The van der Waals surface area contributed by atoms with E-state index < -0.39 is 0 Å². The fourth-order valence-corrected chi connectivity index (χ4v) is 2.51. The minimum atomic E-state index is -0.267. The SMILES string of the molecule is C[C@@H](C(N)=O)N1CCCN(c2ccc(C#N)cc2)CC1. The first kappa shape index (κ1) is 14.4. The van der Waals surface area contributed by atoms with E-state index in [1.807, 2.05) is 31.2 Å². The first-order chi connectivity index (χ1) is 9.61. The Balaban J connectivity index is 2.02. The molecule has 1 heterocycles. The third kappa shape index (κ3) is 3.28. The van der Waals surface area contributed by atoms with Gasteiger partial charge in [0.15, 0.2) is 0 Å². The molecule has 1 aromatic rings. The maximum atomic E-state index is 11.3. The van der Waals surface area contributed by atoms with Crippen LogP contribution in [0.1, 0.15) is 18.9 Å². The molecule has 1 amide bonds. The van der Waals surface area contributed by atoms with Crippen LogP contribution in [0.2, 0.25) is 0 Å². The Hall–Kier alpha value is -2.06. The Morgan fingerprint density at radius 1 is 1.25 bits per heavy atom. The van der Waals surface area contributed by atoms with Gasteiger partial charge in [-0.15, -0.1) is 0 Å². The van der Waals surface area contributed by atoms with Crippen LogP contribution < -0.4 is 10.6 Å². The van der Waals surface area contributed by atoms with Crippen molar-refractivity contribution in [1.29, 1.82) is 5.26 Å². The van der Waals surface area contributed by atoms with Crippen LogP contribution in [-0.2, 0) is 4.79 Å². The monoisotopic (exact) mass is 272 g/mol. The lowest BCUT2D eigenvalue weighted by atomic mass is 10.2. The summed E-state index contributed by atoms with van der Waals surface area (Å²) in [5.74, 6) is -0.267. The summed E-state index contributed by atoms with van der Waals surface area (Å²) >= 11 is 0. The van der Waals surface area contributed by atoms with Crippen LogP contribution in [0.25, 0.3) is 0 Å². The fourth-order valence-electron chi connectivity index (χ4n) is 2.51. The maximum Gasteiger partial charge on any atom is 0.234 e. The van der Waals surface area contributed by atoms with Crippen LogP contribution in [0.4, 0.5) is 5.69 Å². The second-order valence-electron chi connectivity index (χ2n) is 5.11. The molecule has 0 spiro atoms. The molecule has 0 saturated carbocycles. The summed E-state index contributed by atoms with van der Waals surface area (Å²) in [6.45, 7) is 5.39. The predicted octanol–water partition coefficient (Wildman–Crippen LogP) is 0.944.